The van der Waals surface area contributed by atoms with Crippen LogP contribution in [-0.4, -0.2) is 0 Å². The molecule has 2 aromatic carbocycles. The molecule has 128 valence electrons. The van der Waals surface area contributed by atoms with Crippen LogP contribution in [-0.2, 0) is 23.8 Å². The van der Waals surface area contributed by atoms with Crippen molar-refractivity contribution in [2.45, 2.75) is 47.0 Å². The molecular weight excluding hydrogens is 346 g/mol. The van der Waals surface area contributed by atoms with Gasteiger partial charge in [-0.05, 0) is 60.1 Å². The molecule has 0 fully saturated rings. The van der Waals surface area contributed by atoms with Crippen molar-refractivity contribution in [3.8, 4) is 11.5 Å². The molecule has 0 N–H and O–H groups in total. The van der Waals surface area contributed by atoms with Crippen molar-refractivity contribution in [3.05, 3.63) is 57.6 Å². The van der Waals surface area contributed by atoms with E-state index >= 15 is 0 Å². The zero-order valence-corrected chi connectivity index (χ0v) is 18.4. The van der Waals surface area contributed by atoms with Gasteiger partial charge in [-0.3, -0.25) is 0 Å². The molecule has 0 saturated carbocycles. The van der Waals surface area contributed by atoms with Crippen molar-refractivity contribution in [1.82, 2.24) is 0 Å². The van der Waals surface area contributed by atoms with Crippen LogP contribution in [0.1, 0.15) is 47.2 Å². The van der Waals surface area contributed by atoms with Gasteiger partial charge in [-0.2, -0.15) is 0 Å². The summed E-state index contributed by atoms with van der Waals surface area (Å²) in [7, 11) is -4.47. The number of aryl methyl sites for hydroxylation is 4. The summed E-state index contributed by atoms with van der Waals surface area (Å²) in [5.41, 5.74) is 5.75. The standard InChI is InChI=1S/C19H23O4P.Na/c1-5-14-7-12(3)18-16(9-14)11-17-10-15(6-2)8-13(4)19(17)23-24(20,21)22-18;/h7-10H,5-6,11H2,1-4H3,(H,20,21);/q;+1/p-1. The normalized spacial score (nSPS) is 14.8. The SMILES string of the molecule is CCc1cc(C)c2c(c1)Cc1cc(CC)cc(C)c1OP(=O)([O-])O2.[Na+]. The van der Waals surface area contributed by atoms with E-state index in [1.165, 1.54) is 11.1 Å². The molecule has 3 rings (SSSR count). The monoisotopic (exact) mass is 368 g/mol. The van der Waals surface area contributed by atoms with Gasteiger partial charge in [0.15, 0.2) is 0 Å². The van der Waals surface area contributed by atoms with Crippen molar-refractivity contribution in [1.29, 1.82) is 0 Å². The van der Waals surface area contributed by atoms with Crippen LogP contribution >= 0.6 is 7.82 Å². The summed E-state index contributed by atoms with van der Waals surface area (Å²) in [4.78, 5) is 12.3. The minimum atomic E-state index is -4.47. The van der Waals surface area contributed by atoms with Gasteiger partial charge in [0, 0.05) is 6.42 Å². The molecule has 0 bridgehead atoms. The number of hydrogen-bond acceptors (Lipinski definition) is 4. The Bertz CT molecular complexity index is 782. The van der Waals surface area contributed by atoms with Crippen LogP contribution in [0.3, 0.4) is 0 Å². The van der Waals surface area contributed by atoms with Crippen LogP contribution in [0.2, 0.25) is 0 Å². The molecule has 0 amide bonds. The first-order chi connectivity index (χ1) is 11.3. The summed E-state index contributed by atoms with van der Waals surface area (Å²) in [5.74, 6) is 0.798. The summed E-state index contributed by atoms with van der Waals surface area (Å²) in [6, 6.07) is 8.00. The number of phosphoric acid groups is 1. The van der Waals surface area contributed by atoms with Crippen molar-refractivity contribution in [2.24, 2.45) is 0 Å². The van der Waals surface area contributed by atoms with Crippen molar-refractivity contribution < 1.29 is 48.1 Å². The van der Waals surface area contributed by atoms with E-state index in [0.717, 1.165) is 35.1 Å². The molecule has 2 aromatic rings. The van der Waals surface area contributed by atoms with Crippen molar-refractivity contribution in [2.75, 3.05) is 0 Å². The molecule has 0 aliphatic carbocycles. The fraction of sp³-hybridized carbons (Fsp3) is 0.368. The summed E-state index contributed by atoms with van der Waals surface area (Å²) in [5, 5.41) is 0. The van der Waals surface area contributed by atoms with Crippen LogP contribution in [0.4, 0.5) is 0 Å². The van der Waals surface area contributed by atoms with E-state index in [4.69, 9.17) is 9.05 Å². The predicted molar refractivity (Wildman–Crippen MR) is 92.8 cm³/mol. The quantitative estimate of drug-likeness (QED) is 0.592. The first-order valence-electron chi connectivity index (χ1n) is 8.28. The van der Waals surface area contributed by atoms with Crippen molar-refractivity contribution in [3.63, 3.8) is 0 Å². The van der Waals surface area contributed by atoms with Crippen LogP contribution in [0.25, 0.3) is 0 Å². The van der Waals surface area contributed by atoms with Gasteiger partial charge in [0.2, 0.25) is 0 Å². The van der Waals surface area contributed by atoms with E-state index in [-0.39, 0.29) is 29.6 Å². The minimum absolute atomic E-state index is 0. The maximum Gasteiger partial charge on any atom is 1.00 e. The Kier molecular flexibility index (Phi) is 6.45. The molecule has 4 nitrogen and oxygen atoms in total. The molecule has 1 heterocycles. The van der Waals surface area contributed by atoms with Gasteiger partial charge in [-0.1, -0.05) is 38.1 Å². The Morgan fingerprint density at radius 2 is 1.32 bits per heavy atom. The molecule has 25 heavy (non-hydrogen) atoms. The number of phosphoric ester groups is 1. The summed E-state index contributed by atoms with van der Waals surface area (Å²) < 4.78 is 22.9. The predicted octanol–water partition coefficient (Wildman–Crippen LogP) is 1.26. The number of fused-ring (bicyclic) bond motifs is 2. The molecule has 1 aliphatic rings. The van der Waals surface area contributed by atoms with Crippen molar-refractivity contribution >= 4 is 7.82 Å². The zero-order valence-electron chi connectivity index (χ0n) is 15.5. The third-order valence-electron chi connectivity index (χ3n) is 4.43. The van der Waals surface area contributed by atoms with E-state index in [9.17, 15) is 9.46 Å². The van der Waals surface area contributed by atoms with E-state index in [1.807, 2.05) is 38.1 Å². The average Bonchev–Trinajstić information content (AvgIpc) is 2.51. The van der Waals surface area contributed by atoms with Gasteiger partial charge in [-0.15, -0.1) is 0 Å². The molecule has 0 spiro atoms. The smallest absolute Gasteiger partial charge is 0.736 e. The zero-order chi connectivity index (χ0) is 17.5. The van der Waals surface area contributed by atoms with E-state index in [2.05, 4.69) is 13.8 Å². The molecule has 0 saturated heterocycles. The summed E-state index contributed by atoms with van der Waals surface area (Å²) >= 11 is 0. The maximum atomic E-state index is 12.3. The second-order valence-corrected chi connectivity index (χ2v) is 7.58. The Morgan fingerprint density at radius 3 is 1.68 bits per heavy atom. The van der Waals surface area contributed by atoms with Gasteiger partial charge in [0.1, 0.15) is 11.5 Å². The molecule has 0 unspecified atom stereocenters. The minimum Gasteiger partial charge on any atom is -0.736 e. The molecule has 6 heteroatoms. The van der Waals surface area contributed by atoms with E-state index in [0.29, 0.717) is 17.9 Å². The van der Waals surface area contributed by atoms with Gasteiger partial charge in [0.25, 0.3) is 0 Å². The number of hydrogen-bond donors (Lipinski definition) is 0. The molecule has 0 aromatic heterocycles. The van der Waals surface area contributed by atoms with Crippen LogP contribution in [0, 0.1) is 13.8 Å². The molecular formula is C19H22NaO4P. The van der Waals surface area contributed by atoms with E-state index in [1.54, 1.807) is 0 Å². The summed E-state index contributed by atoms with van der Waals surface area (Å²) in [6.45, 7) is 7.90. The van der Waals surface area contributed by atoms with Gasteiger partial charge < -0.3 is 13.9 Å². The van der Waals surface area contributed by atoms with Gasteiger partial charge in [-0.25, -0.2) is 4.57 Å². The van der Waals surface area contributed by atoms with Crippen LogP contribution < -0.4 is 43.5 Å². The fourth-order valence-corrected chi connectivity index (χ4v) is 4.24. The third kappa shape index (κ3) is 4.32. The number of benzene rings is 2. The Balaban J connectivity index is 0.00000225. The largest absolute Gasteiger partial charge is 1.00 e. The van der Waals surface area contributed by atoms with Crippen LogP contribution in [0.15, 0.2) is 24.3 Å². The molecule has 0 radical (unpaired) electrons. The summed E-state index contributed by atoms with van der Waals surface area (Å²) in [6.07, 6.45) is 2.37. The fourth-order valence-electron chi connectivity index (χ4n) is 3.24. The third-order valence-corrected chi connectivity index (χ3v) is 5.24. The Morgan fingerprint density at radius 1 is 0.920 bits per heavy atom. The van der Waals surface area contributed by atoms with E-state index < -0.39 is 7.82 Å². The van der Waals surface area contributed by atoms with Gasteiger partial charge in [0.05, 0.1) is 0 Å². The Hall–Kier alpha value is -0.770. The average molecular weight is 368 g/mol. The van der Waals surface area contributed by atoms with Gasteiger partial charge >= 0.3 is 37.4 Å². The number of rotatable bonds is 2. The first-order valence-corrected chi connectivity index (χ1v) is 9.74. The molecule has 0 atom stereocenters. The second-order valence-electron chi connectivity index (χ2n) is 6.32. The topological polar surface area (TPSA) is 58.6 Å². The maximum absolute atomic E-state index is 12.3. The molecule has 1 aliphatic heterocycles. The van der Waals surface area contributed by atoms with Crippen LogP contribution in [0.5, 0.6) is 11.5 Å². The Labute approximate surface area is 171 Å². The second kappa shape index (κ2) is 7.85. The first kappa shape index (κ1) is 20.5.